The summed E-state index contributed by atoms with van der Waals surface area (Å²) in [6.45, 7) is 0. The smallest absolute Gasteiger partial charge is 0.250 e. The van der Waals surface area contributed by atoms with Crippen molar-refractivity contribution < 1.29 is 17.2 Å². The first-order chi connectivity index (χ1) is 7.30. The number of nitrogens with zero attached hydrogens (tertiary/aromatic N) is 2. The van der Waals surface area contributed by atoms with Gasteiger partial charge < -0.3 is 0 Å². The van der Waals surface area contributed by atoms with E-state index in [2.05, 4.69) is 5.10 Å². The van der Waals surface area contributed by atoms with E-state index in [9.17, 15) is 17.2 Å². The van der Waals surface area contributed by atoms with Gasteiger partial charge in [0.25, 0.3) is 9.05 Å². The van der Waals surface area contributed by atoms with E-state index >= 15 is 0 Å². The molecule has 0 bridgehead atoms. The van der Waals surface area contributed by atoms with Crippen LogP contribution in [0.2, 0.25) is 0 Å². The van der Waals surface area contributed by atoms with Crippen molar-refractivity contribution in [2.24, 2.45) is 0 Å². The lowest BCUT2D eigenvalue weighted by Crippen LogP contribution is -2.15. The number of alkyl halides is 2. The molecule has 90 valence electrons. The molecule has 1 saturated carbocycles. The third-order valence-corrected chi connectivity index (χ3v) is 3.90. The lowest BCUT2D eigenvalue weighted by atomic mass is 10.2. The monoisotopic (exact) mass is 270 g/mol. The molecular weight excluding hydrogens is 262 g/mol. The Bertz CT molecular complexity index is 500. The van der Waals surface area contributed by atoms with Crippen LogP contribution in [-0.4, -0.2) is 24.1 Å². The zero-order valence-corrected chi connectivity index (χ0v) is 9.68. The zero-order chi connectivity index (χ0) is 12.0. The lowest BCUT2D eigenvalue weighted by molar-refractivity contribution is 0.00483. The fourth-order valence-corrected chi connectivity index (χ4v) is 2.91. The molecule has 1 heterocycles. The largest absolute Gasteiger partial charge is 0.278 e. The Morgan fingerprint density at radius 1 is 1.56 bits per heavy atom. The first-order valence-corrected chi connectivity index (χ1v) is 6.96. The summed E-state index contributed by atoms with van der Waals surface area (Å²) in [6.07, 6.45) is 0.799. The molecule has 1 aliphatic carbocycles. The maximum atomic E-state index is 13.0. The Labute approximate surface area is 95.6 Å². The first kappa shape index (κ1) is 11.8. The van der Waals surface area contributed by atoms with E-state index in [-0.39, 0.29) is 17.9 Å². The second-order valence-electron chi connectivity index (χ2n) is 3.80. The van der Waals surface area contributed by atoms with Crippen LogP contribution in [0.3, 0.4) is 0 Å². The summed E-state index contributed by atoms with van der Waals surface area (Å²) in [5, 5.41) is 3.52. The van der Waals surface area contributed by atoms with Crippen LogP contribution in [0.4, 0.5) is 8.78 Å². The molecule has 1 unspecified atom stereocenters. The highest BCUT2D eigenvalue weighted by Gasteiger charge is 2.41. The SMILES string of the molecule is O=S(=O)(Cl)c1ccnn1C1CCC(F)(F)C1. The molecule has 8 heteroatoms. The molecule has 1 aromatic heterocycles. The van der Waals surface area contributed by atoms with Gasteiger partial charge >= 0.3 is 0 Å². The van der Waals surface area contributed by atoms with Crippen molar-refractivity contribution in [1.29, 1.82) is 0 Å². The molecule has 0 N–H and O–H groups in total. The molecule has 1 fully saturated rings. The Morgan fingerprint density at radius 2 is 2.25 bits per heavy atom. The predicted molar refractivity (Wildman–Crippen MR) is 53.1 cm³/mol. The normalized spacial score (nSPS) is 24.8. The van der Waals surface area contributed by atoms with Gasteiger partial charge in [-0.25, -0.2) is 21.9 Å². The molecule has 0 aliphatic heterocycles. The molecule has 0 saturated heterocycles. The lowest BCUT2D eigenvalue weighted by Gasteiger charge is -2.13. The van der Waals surface area contributed by atoms with Crippen LogP contribution in [0, 0.1) is 0 Å². The van der Waals surface area contributed by atoms with Crippen molar-refractivity contribution in [3.63, 3.8) is 0 Å². The summed E-state index contributed by atoms with van der Waals surface area (Å²) in [4.78, 5) is 0. The zero-order valence-electron chi connectivity index (χ0n) is 8.11. The fourth-order valence-electron chi connectivity index (χ4n) is 1.90. The van der Waals surface area contributed by atoms with Crippen molar-refractivity contribution >= 4 is 19.7 Å². The van der Waals surface area contributed by atoms with Gasteiger partial charge in [-0.15, -0.1) is 0 Å². The van der Waals surface area contributed by atoms with E-state index < -0.39 is 27.4 Å². The van der Waals surface area contributed by atoms with Crippen molar-refractivity contribution in [1.82, 2.24) is 9.78 Å². The number of aromatic nitrogens is 2. The third kappa shape index (κ3) is 2.20. The predicted octanol–water partition coefficient (Wildman–Crippen LogP) is 2.17. The van der Waals surface area contributed by atoms with Gasteiger partial charge in [0.2, 0.25) is 5.92 Å². The maximum Gasteiger partial charge on any atom is 0.278 e. The third-order valence-electron chi connectivity index (χ3n) is 2.61. The molecule has 0 spiro atoms. The van der Waals surface area contributed by atoms with Gasteiger partial charge in [0, 0.05) is 23.5 Å². The number of hydrogen-bond donors (Lipinski definition) is 0. The van der Waals surface area contributed by atoms with Gasteiger partial charge in [0.05, 0.1) is 12.2 Å². The van der Waals surface area contributed by atoms with E-state index in [1.54, 1.807) is 0 Å². The van der Waals surface area contributed by atoms with Crippen molar-refractivity contribution in [3.8, 4) is 0 Å². The highest BCUT2D eigenvalue weighted by atomic mass is 35.7. The summed E-state index contributed by atoms with van der Waals surface area (Å²) in [6, 6.07) is 0.604. The minimum atomic E-state index is -3.94. The van der Waals surface area contributed by atoms with E-state index in [1.165, 1.54) is 12.3 Å². The van der Waals surface area contributed by atoms with E-state index in [0.29, 0.717) is 0 Å². The van der Waals surface area contributed by atoms with Gasteiger partial charge in [-0.05, 0) is 12.5 Å². The molecular formula is C8H9ClF2N2O2S. The number of hydrogen-bond acceptors (Lipinski definition) is 3. The fraction of sp³-hybridized carbons (Fsp3) is 0.625. The van der Waals surface area contributed by atoms with Gasteiger partial charge in [-0.3, -0.25) is 0 Å². The second-order valence-corrected chi connectivity index (χ2v) is 6.32. The van der Waals surface area contributed by atoms with Crippen LogP contribution in [0.1, 0.15) is 25.3 Å². The number of halogens is 3. The molecule has 16 heavy (non-hydrogen) atoms. The first-order valence-electron chi connectivity index (χ1n) is 4.66. The second kappa shape index (κ2) is 3.66. The van der Waals surface area contributed by atoms with Crippen molar-refractivity contribution in [3.05, 3.63) is 12.3 Å². The number of rotatable bonds is 2. The molecule has 0 amide bonds. The Hall–Kier alpha value is -0.690. The van der Waals surface area contributed by atoms with Crippen LogP contribution < -0.4 is 0 Å². The molecule has 4 nitrogen and oxygen atoms in total. The highest BCUT2D eigenvalue weighted by Crippen LogP contribution is 2.42. The Balaban J connectivity index is 2.33. The van der Waals surface area contributed by atoms with Crippen LogP contribution in [-0.2, 0) is 9.05 Å². The molecule has 1 atom stereocenters. The Kier molecular flexibility index (Phi) is 2.70. The molecule has 0 aromatic carbocycles. The van der Waals surface area contributed by atoms with Crippen LogP contribution in [0.25, 0.3) is 0 Å². The minimum Gasteiger partial charge on any atom is -0.250 e. The van der Waals surface area contributed by atoms with E-state index in [0.717, 1.165) is 4.68 Å². The summed E-state index contributed by atoms with van der Waals surface area (Å²) in [7, 11) is 1.24. The molecule has 1 aliphatic rings. The maximum absolute atomic E-state index is 13.0. The summed E-state index contributed by atoms with van der Waals surface area (Å²) >= 11 is 0. The van der Waals surface area contributed by atoms with Gasteiger partial charge in [-0.1, -0.05) is 0 Å². The highest BCUT2D eigenvalue weighted by molar-refractivity contribution is 8.13. The van der Waals surface area contributed by atoms with Crippen LogP contribution in [0.15, 0.2) is 17.3 Å². The summed E-state index contributed by atoms with van der Waals surface area (Å²) < 4.78 is 49.4. The van der Waals surface area contributed by atoms with Gasteiger partial charge in [0.15, 0.2) is 5.03 Å². The van der Waals surface area contributed by atoms with E-state index in [4.69, 9.17) is 10.7 Å². The van der Waals surface area contributed by atoms with Gasteiger partial charge in [0.1, 0.15) is 0 Å². The van der Waals surface area contributed by atoms with E-state index in [1.807, 2.05) is 0 Å². The summed E-state index contributed by atoms with van der Waals surface area (Å²) in [5.74, 6) is -2.75. The average Bonchev–Trinajstić information content (AvgIpc) is 2.68. The Morgan fingerprint density at radius 3 is 2.75 bits per heavy atom. The standard InChI is InChI=1S/C8H9ClF2N2O2S/c9-16(14,15)7-2-4-12-13(7)6-1-3-8(10,11)5-6/h2,4,6H,1,3,5H2. The van der Waals surface area contributed by atoms with Crippen LogP contribution in [0.5, 0.6) is 0 Å². The van der Waals surface area contributed by atoms with Gasteiger partial charge in [-0.2, -0.15) is 5.10 Å². The topological polar surface area (TPSA) is 52.0 Å². The van der Waals surface area contributed by atoms with Crippen molar-refractivity contribution in [2.45, 2.75) is 36.3 Å². The quantitative estimate of drug-likeness (QED) is 0.774. The average molecular weight is 271 g/mol. The molecule has 2 rings (SSSR count). The molecule has 1 aromatic rings. The minimum absolute atomic E-state index is 0.202. The van der Waals surface area contributed by atoms with Crippen LogP contribution >= 0.6 is 10.7 Å². The van der Waals surface area contributed by atoms with Crippen molar-refractivity contribution in [2.75, 3.05) is 0 Å². The summed E-state index contributed by atoms with van der Waals surface area (Å²) in [5.41, 5.74) is 0. The molecule has 0 radical (unpaired) electrons.